The van der Waals surface area contributed by atoms with E-state index in [1.54, 1.807) is 0 Å². The van der Waals surface area contributed by atoms with Crippen molar-refractivity contribution in [2.24, 2.45) is 0 Å². The highest BCUT2D eigenvalue weighted by molar-refractivity contribution is 9.10. The van der Waals surface area contributed by atoms with Crippen molar-refractivity contribution in [2.75, 3.05) is 25.0 Å². The molecule has 2 aliphatic heterocycles. The zero-order chi connectivity index (χ0) is 15.4. The Labute approximate surface area is 133 Å². The van der Waals surface area contributed by atoms with E-state index in [0.29, 0.717) is 40.6 Å². The van der Waals surface area contributed by atoms with Crippen LogP contribution in [-0.4, -0.2) is 36.1 Å². The fraction of sp³-hybridized carbons (Fsp3) is 0.429. The molecule has 0 radical (unpaired) electrons. The molecule has 0 unspecified atom stereocenters. The first-order chi connectivity index (χ1) is 10.6. The predicted octanol–water partition coefficient (Wildman–Crippen LogP) is 1.26. The van der Waals surface area contributed by atoms with E-state index in [0.717, 1.165) is 18.7 Å². The van der Waals surface area contributed by atoms with E-state index in [4.69, 9.17) is 4.74 Å². The number of likely N-dealkylation sites (N-methyl/N-ethyl adjacent to an activating group) is 1. The van der Waals surface area contributed by atoms with Gasteiger partial charge in [-0.15, -0.1) is 0 Å². The van der Waals surface area contributed by atoms with Crippen LogP contribution >= 0.6 is 15.9 Å². The predicted molar refractivity (Wildman–Crippen MR) is 83.6 cm³/mol. The summed E-state index contributed by atoms with van der Waals surface area (Å²) < 4.78 is 20.3. The first-order valence-electron chi connectivity index (χ1n) is 7.02. The lowest BCUT2D eigenvalue weighted by Crippen LogP contribution is -2.57. The number of aromatic amines is 1. The van der Waals surface area contributed by atoms with E-state index in [1.807, 2.05) is 11.9 Å². The van der Waals surface area contributed by atoms with E-state index >= 15 is 0 Å². The maximum Gasteiger partial charge on any atom is 0.260 e. The van der Waals surface area contributed by atoms with Crippen molar-refractivity contribution >= 4 is 32.8 Å². The van der Waals surface area contributed by atoms with Crippen LogP contribution < -0.4 is 15.8 Å². The highest BCUT2D eigenvalue weighted by Crippen LogP contribution is 2.35. The van der Waals surface area contributed by atoms with E-state index in [-0.39, 0.29) is 11.1 Å². The fourth-order valence-corrected chi connectivity index (χ4v) is 3.51. The molecule has 116 valence electrons. The monoisotopic (exact) mass is 368 g/mol. The molecule has 1 fully saturated rings. The molecule has 1 saturated heterocycles. The van der Waals surface area contributed by atoms with Crippen LogP contribution in [0, 0.1) is 5.82 Å². The number of benzene rings is 1. The van der Waals surface area contributed by atoms with Crippen molar-refractivity contribution in [3.8, 4) is 0 Å². The minimum absolute atomic E-state index is 0.0998. The number of fused-ring (bicyclic) bond motifs is 3. The molecule has 0 spiro atoms. The standard InChI is InChI=1S/C14H14BrFN4O2/c1-17-6-2-20(3-6)14-18-12-9(13(21)19-14)7-4-22-5-8(7)10(15)11(12)16/h6,17H,2-5H2,1H3,(H,18,19,21). The van der Waals surface area contributed by atoms with Gasteiger partial charge in [0.05, 0.1) is 23.1 Å². The van der Waals surface area contributed by atoms with Crippen LogP contribution in [0.3, 0.4) is 0 Å². The van der Waals surface area contributed by atoms with Crippen molar-refractivity contribution in [1.29, 1.82) is 0 Å². The number of aromatic nitrogens is 2. The molecule has 22 heavy (non-hydrogen) atoms. The number of halogens is 2. The molecule has 1 aromatic carbocycles. The van der Waals surface area contributed by atoms with Gasteiger partial charge in [0, 0.05) is 24.7 Å². The van der Waals surface area contributed by atoms with Crippen LogP contribution in [0.2, 0.25) is 0 Å². The number of nitrogens with zero attached hydrogens (tertiary/aromatic N) is 2. The van der Waals surface area contributed by atoms with Gasteiger partial charge >= 0.3 is 0 Å². The Morgan fingerprint density at radius 3 is 2.86 bits per heavy atom. The van der Waals surface area contributed by atoms with Crippen molar-refractivity contribution in [3.63, 3.8) is 0 Å². The molecule has 8 heteroatoms. The smallest absolute Gasteiger partial charge is 0.260 e. The van der Waals surface area contributed by atoms with Gasteiger partial charge < -0.3 is 15.0 Å². The van der Waals surface area contributed by atoms with E-state index in [1.165, 1.54) is 0 Å². The lowest BCUT2D eigenvalue weighted by molar-refractivity contribution is 0.134. The largest absolute Gasteiger partial charge is 0.372 e. The second-order valence-corrected chi connectivity index (χ2v) is 6.37. The van der Waals surface area contributed by atoms with Gasteiger partial charge in [0.2, 0.25) is 5.95 Å². The van der Waals surface area contributed by atoms with Gasteiger partial charge in [-0.3, -0.25) is 9.78 Å². The Hall–Kier alpha value is -1.51. The summed E-state index contributed by atoms with van der Waals surface area (Å²) in [6, 6.07) is 0.367. The van der Waals surface area contributed by atoms with E-state index < -0.39 is 5.82 Å². The Kier molecular flexibility index (Phi) is 3.21. The van der Waals surface area contributed by atoms with Crippen molar-refractivity contribution < 1.29 is 9.13 Å². The lowest BCUT2D eigenvalue weighted by atomic mass is 10.0. The summed E-state index contributed by atoms with van der Waals surface area (Å²) in [5.41, 5.74) is 1.20. The molecule has 0 saturated carbocycles. The zero-order valence-electron chi connectivity index (χ0n) is 11.9. The van der Waals surface area contributed by atoms with Crippen molar-refractivity contribution in [3.05, 3.63) is 31.8 Å². The van der Waals surface area contributed by atoms with Gasteiger partial charge in [0.1, 0.15) is 5.52 Å². The molecule has 4 rings (SSSR count). The van der Waals surface area contributed by atoms with Crippen LogP contribution in [0.5, 0.6) is 0 Å². The first-order valence-corrected chi connectivity index (χ1v) is 7.82. The van der Waals surface area contributed by atoms with Gasteiger partial charge in [-0.05, 0) is 28.5 Å². The van der Waals surface area contributed by atoms with Crippen LogP contribution in [0.1, 0.15) is 11.1 Å². The maximum absolute atomic E-state index is 14.6. The second kappa shape index (κ2) is 5.00. The number of hydrogen-bond acceptors (Lipinski definition) is 5. The average Bonchev–Trinajstić information content (AvgIpc) is 2.92. The molecule has 2 aliphatic rings. The summed E-state index contributed by atoms with van der Waals surface area (Å²) in [6.45, 7) is 2.09. The van der Waals surface area contributed by atoms with Gasteiger partial charge in [-0.1, -0.05) is 0 Å². The maximum atomic E-state index is 14.6. The summed E-state index contributed by atoms with van der Waals surface area (Å²) in [5, 5.41) is 3.44. The highest BCUT2D eigenvalue weighted by atomic mass is 79.9. The highest BCUT2D eigenvalue weighted by Gasteiger charge is 2.30. The zero-order valence-corrected chi connectivity index (χ0v) is 13.5. The molecule has 6 nitrogen and oxygen atoms in total. The molecule has 1 aromatic heterocycles. The molecule has 3 heterocycles. The van der Waals surface area contributed by atoms with Gasteiger partial charge in [0.15, 0.2) is 5.82 Å². The number of anilines is 1. The molecular formula is C14H14BrFN4O2. The minimum Gasteiger partial charge on any atom is -0.372 e. The lowest BCUT2D eigenvalue weighted by Gasteiger charge is -2.39. The number of ether oxygens (including phenoxy) is 1. The van der Waals surface area contributed by atoms with Crippen LogP contribution in [0.4, 0.5) is 10.3 Å². The summed E-state index contributed by atoms with van der Waals surface area (Å²) in [7, 11) is 1.89. The Morgan fingerprint density at radius 1 is 1.41 bits per heavy atom. The summed E-state index contributed by atoms with van der Waals surface area (Å²) in [5.74, 6) is -0.0917. The third kappa shape index (κ3) is 1.90. The Bertz CT molecular complexity index is 832. The summed E-state index contributed by atoms with van der Waals surface area (Å²) >= 11 is 3.26. The summed E-state index contributed by atoms with van der Waals surface area (Å²) in [6.07, 6.45) is 0. The van der Waals surface area contributed by atoms with E-state index in [2.05, 4.69) is 31.2 Å². The number of H-pyrrole nitrogens is 1. The SMILES string of the molecule is CNC1CN(c2nc3c(F)c(Br)c4c(c3c(=O)[nH]2)COC4)C1. The second-order valence-electron chi connectivity index (χ2n) is 5.58. The third-order valence-electron chi connectivity index (χ3n) is 4.32. The van der Waals surface area contributed by atoms with E-state index in [9.17, 15) is 9.18 Å². The normalized spacial score (nSPS) is 17.9. The number of nitrogens with one attached hydrogen (secondary N) is 2. The topological polar surface area (TPSA) is 70.2 Å². The number of rotatable bonds is 2. The average molecular weight is 369 g/mol. The molecule has 2 N–H and O–H groups in total. The molecule has 0 bridgehead atoms. The van der Waals surface area contributed by atoms with Gasteiger partial charge in [-0.2, -0.15) is 0 Å². The number of hydrogen-bond donors (Lipinski definition) is 2. The molecular weight excluding hydrogens is 355 g/mol. The van der Waals surface area contributed by atoms with Crippen LogP contribution in [0.25, 0.3) is 10.9 Å². The molecule has 0 aliphatic carbocycles. The van der Waals surface area contributed by atoms with Crippen molar-refractivity contribution in [1.82, 2.24) is 15.3 Å². The molecule has 2 aromatic rings. The van der Waals surface area contributed by atoms with Crippen LogP contribution in [-0.2, 0) is 18.0 Å². The minimum atomic E-state index is -0.503. The third-order valence-corrected chi connectivity index (χ3v) is 5.15. The van der Waals surface area contributed by atoms with Gasteiger partial charge in [0.25, 0.3) is 5.56 Å². The summed E-state index contributed by atoms with van der Waals surface area (Å²) in [4.78, 5) is 21.5. The first kappa shape index (κ1) is 14.1. The Morgan fingerprint density at radius 2 is 2.14 bits per heavy atom. The molecule has 0 amide bonds. The Balaban J connectivity index is 1.90. The van der Waals surface area contributed by atoms with Gasteiger partial charge in [-0.25, -0.2) is 9.37 Å². The van der Waals surface area contributed by atoms with Crippen LogP contribution in [0.15, 0.2) is 9.27 Å². The molecule has 0 atom stereocenters. The van der Waals surface area contributed by atoms with Crippen molar-refractivity contribution in [2.45, 2.75) is 19.3 Å². The fourth-order valence-electron chi connectivity index (χ4n) is 2.97. The quantitative estimate of drug-likeness (QED) is 0.834.